The van der Waals surface area contributed by atoms with Crippen molar-refractivity contribution in [2.75, 3.05) is 0 Å². The Bertz CT molecular complexity index is 789. The molecule has 0 aliphatic carbocycles. The number of hydrogen-bond acceptors (Lipinski definition) is 3. The van der Waals surface area contributed by atoms with E-state index in [1.165, 1.54) is 17.8 Å². The Labute approximate surface area is 144 Å². The second kappa shape index (κ2) is 6.64. The van der Waals surface area contributed by atoms with E-state index in [9.17, 15) is 9.18 Å². The number of carbonyl (C=O) groups is 1. The van der Waals surface area contributed by atoms with Gasteiger partial charge in [0.2, 0.25) is 0 Å². The second-order valence-electron chi connectivity index (χ2n) is 5.16. The van der Waals surface area contributed by atoms with Crippen LogP contribution in [0.4, 0.5) is 4.39 Å². The van der Waals surface area contributed by atoms with Crippen molar-refractivity contribution >= 4 is 40.3 Å². The zero-order valence-electron chi connectivity index (χ0n) is 12.4. The minimum atomic E-state index is -0.353. The van der Waals surface area contributed by atoms with Crippen LogP contribution in [0.2, 0.25) is 0 Å². The highest BCUT2D eigenvalue weighted by molar-refractivity contribution is 8.26. The summed E-state index contributed by atoms with van der Waals surface area (Å²) < 4.78 is 14.3. The van der Waals surface area contributed by atoms with Gasteiger partial charge < -0.3 is 0 Å². The molecule has 1 saturated heterocycles. The number of thioether (sulfide) groups is 1. The number of carbonyl (C=O) groups excluding carboxylic acids is 1. The quantitative estimate of drug-likeness (QED) is 0.590. The van der Waals surface area contributed by atoms with Crippen LogP contribution in [0.15, 0.2) is 59.5 Å². The van der Waals surface area contributed by atoms with E-state index in [2.05, 4.69) is 0 Å². The van der Waals surface area contributed by atoms with Gasteiger partial charge in [0.1, 0.15) is 10.1 Å². The molecule has 1 aliphatic heterocycles. The average Bonchev–Trinajstić information content (AvgIpc) is 2.84. The van der Waals surface area contributed by atoms with Gasteiger partial charge >= 0.3 is 0 Å². The summed E-state index contributed by atoms with van der Waals surface area (Å²) >= 11 is 6.56. The summed E-state index contributed by atoms with van der Waals surface area (Å²) in [6.07, 6.45) is 1.56. The van der Waals surface area contributed by atoms with Crippen LogP contribution >= 0.6 is 24.0 Å². The van der Waals surface area contributed by atoms with Crippen molar-refractivity contribution in [3.8, 4) is 0 Å². The van der Waals surface area contributed by atoms with Crippen LogP contribution in [0.1, 0.15) is 24.1 Å². The van der Waals surface area contributed by atoms with Crippen LogP contribution in [0.3, 0.4) is 0 Å². The molecule has 2 aromatic carbocycles. The molecule has 0 saturated carbocycles. The molecule has 0 bridgehead atoms. The molecule has 5 heteroatoms. The maximum Gasteiger partial charge on any atom is 0.266 e. The first-order valence-corrected chi connectivity index (χ1v) is 8.37. The molecule has 0 aromatic heterocycles. The maximum atomic E-state index is 13.8. The number of benzene rings is 2. The van der Waals surface area contributed by atoms with Crippen LogP contribution in [0, 0.1) is 5.82 Å². The summed E-state index contributed by atoms with van der Waals surface area (Å²) in [6, 6.07) is 15.9. The van der Waals surface area contributed by atoms with Gasteiger partial charge in [0, 0.05) is 5.56 Å². The Balaban J connectivity index is 1.90. The van der Waals surface area contributed by atoms with Gasteiger partial charge in [-0.25, -0.2) is 4.39 Å². The van der Waals surface area contributed by atoms with Crippen molar-refractivity contribution in [2.45, 2.75) is 13.0 Å². The van der Waals surface area contributed by atoms with Gasteiger partial charge in [0.15, 0.2) is 0 Å². The van der Waals surface area contributed by atoms with E-state index in [1.807, 2.05) is 37.3 Å². The highest BCUT2D eigenvalue weighted by atomic mass is 32.2. The van der Waals surface area contributed by atoms with Crippen molar-refractivity contribution in [3.05, 3.63) is 76.4 Å². The lowest BCUT2D eigenvalue weighted by Gasteiger charge is -2.23. The fourth-order valence-electron chi connectivity index (χ4n) is 2.43. The highest BCUT2D eigenvalue weighted by Gasteiger charge is 2.35. The third-order valence-corrected chi connectivity index (χ3v) is 5.02. The van der Waals surface area contributed by atoms with Gasteiger partial charge in [-0.15, -0.1) is 0 Å². The van der Waals surface area contributed by atoms with Crippen LogP contribution in [0.5, 0.6) is 0 Å². The molecule has 3 rings (SSSR count). The lowest BCUT2D eigenvalue weighted by Crippen LogP contribution is -2.30. The van der Waals surface area contributed by atoms with E-state index in [0.29, 0.717) is 14.8 Å². The number of nitrogens with zero attached hydrogens (tertiary/aromatic N) is 1. The summed E-state index contributed by atoms with van der Waals surface area (Å²) in [5, 5.41) is 0. The predicted molar refractivity (Wildman–Crippen MR) is 96.3 cm³/mol. The Morgan fingerprint density at radius 2 is 1.78 bits per heavy atom. The molecule has 1 fully saturated rings. The summed E-state index contributed by atoms with van der Waals surface area (Å²) in [4.78, 5) is 14.7. The first-order chi connectivity index (χ1) is 11.1. The molecule has 0 N–H and O–H groups in total. The third kappa shape index (κ3) is 3.21. The molecule has 1 heterocycles. The summed E-state index contributed by atoms with van der Waals surface area (Å²) in [6.45, 7) is 1.94. The first kappa shape index (κ1) is 15.9. The van der Waals surface area contributed by atoms with E-state index in [4.69, 9.17) is 12.2 Å². The number of amides is 1. The first-order valence-electron chi connectivity index (χ1n) is 7.14. The van der Waals surface area contributed by atoms with Crippen LogP contribution in [-0.2, 0) is 4.79 Å². The Hall–Kier alpha value is -1.98. The lowest BCUT2D eigenvalue weighted by atomic mass is 10.1. The highest BCUT2D eigenvalue weighted by Crippen LogP contribution is 2.38. The largest absolute Gasteiger partial charge is 0.286 e. The van der Waals surface area contributed by atoms with Crippen molar-refractivity contribution in [3.63, 3.8) is 0 Å². The van der Waals surface area contributed by atoms with E-state index < -0.39 is 0 Å². The van der Waals surface area contributed by atoms with E-state index in [1.54, 1.807) is 29.2 Å². The Morgan fingerprint density at radius 1 is 1.13 bits per heavy atom. The van der Waals surface area contributed by atoms with E-state index in [0.717, 1.165) is 5.56 Å². The van der Waals surface area contributed by atoms with Gasteiger partial charge in [-0.05, 0) is 24.6 Å². The SMILES string of the molecule is CC(c1ccccc1)N1C(=O)/C(=C\c2ccccc2F)SC1=S. The molecule has 2 aromatic rings. The average molecular weight is 343 g/mol. The molecule has 23 heavy (non-hydrogen) atoms. The van der Waals surface area contributed by atoms with Crippen molar-refractivity contribution in [1.82, 2.24) is 4.90 Å². The maximum absolute atomic E-state index is 13.8. The normalized spacial score (nSPS) is 17.8. The molecular formula is C18H14FNOS2. The molecule has 1 unspecified atom stereocenters. The van der Waals surface area contributed by atoms with Gasteiger partial charge in [0.25, 0.3) is 5.91 Å². The summed E-state index contributed by atoms with van der Waals surface area (Å²) in [5.74, 6) is -0.534. The van der Waals surface area contributed by atoms with Gasteiger partial charge in [0.05, 0.1) is 10.9 Å². The smallest absolute Gasteiger partial charge is 0.266 e. The minimum Gasteiger partial charge on any atom is -0.286 e. The van der Waals surface area contributed by atoms with Crippen molar-refractivity contribution < 1.29 is 9.18 Å². The topological polar surface area (TPSA) is 20.3 Å². The monoisotopic (exact) mass is 343 g/mol. The lowest BCUT2D eigenvalue weighted by molar-refractivity contribution is -0.123. The predicted octanol–water partition coefficient (Wildman–Crippen LogP) is 4.79. The molecular weight excluding hydrogens is 329 g/mol. The van der Waals surface area contributed by atoms with E-state index >= 15 is 0 Å². The number of hydrogen-bond donors (Lipinski definition) is 0. The second-order valence-corrected chi connectivity index (χ2v) is 6.84. The van der Waals surface area contributed by atoms with Crippen molar-refractivity contribution in [2.24, 2.45) is 0 Å². The summed E-state index contributed by atoms with van der Waals surface area (Å²) in [5.41, 5.74) is 1.40. The Morgan fingerprint density at radius 3 is 2.48 bits per heavy atom. The molecule has 1 atom stereocenters. The molecule has 2 nitrogen and oxygen atoms in total. The Kier molecular flexibility index (Phi) is 4.59. The number of rotatable bonds is 3. The number of thiocarbonyl (C=S) groups is 1. The van der Waals surface area contributed by atoms with Gasteiger partial charge in [-0.3, -0.25) is 9.69 Å². The van der Waals surface area contributed by atoms with Gasteiger partial charge in [-0.1, -0.05) is 72.5 Å². The minimum absolute atomic E-state index is 0.157. The zero-order chi connectivity index (χ0) is 16.4. The molecule has 0 spiro atoms. The van der Waals surface area contributed by atoms with Crippen LogP contribution in [-0.4, -0.2) is 15.1 Å². The van der Waals surface area contributed by atoms with Crippen LogP contribution in [0.25, 0.3) is 6.08 Å². The van der Waals surface area contributed by atoms with E-state index in [-0.39, 0.29) is 17.8 Å². The van der Waals surface area contributed by atoms with Crippen LogP contribution < -0.4 is 0 Å². The molecule has 1 amide bonds. The van der Waals surface area contributed by atoms with Gasteiger partial charge in [-0.2, -0.15) is 0 Å². The standard InChI is InChI=1S/C18H14FNOS2/c1-12(13-7-3-2-4-8-13)20-17(21)16(23-18(20)22)11-14-9-5-6-10-15(14)19/h2-12H,1H3/b16-11+. The fraction of sp³-hybridized carbons (Fsp3) is 0.111. The molecule has 1 aliphatic rings. The molecule has 116 valence electrons. The zero-order valence-corrected chi connectivity index (χ0v) is 14.0. The van der Waals surface area contributed by atoms with Crippen molar-refractivity contribution in [1.29, 1.82) is 0 Å². The summed E-state index contributed by atoms with van der Waals surface area (Å²) in [7, 11) is 0. The molecule has 0 radical (unpaired) electrons. The number of halogens is 1. The fourth-order valence-corrected chi connectivity index (χ4v) is 3.84. The third-order valence-electron chi connectivity index (χ3n) is 3.68.